The topological polar surface area (TPSA) is 60.9 Å². The third-order valence-electron chi connectivity index (χ3n) is 4.40. The van der Waals surface area contributed by atoms with Gasteiger partial charge in [0.25, 0.3) is 0 Å². The fraction of sp³-hybridized carbons (Fsp3) is 0.846. The summed E-state index contributed by atoms with van der Waals surface area (Å²) in [6.45, 7) is 4.45. The lowest BCUT2D eigenvalue weighted by Crippen LogP contribution is -2.61. The summed E-state index contributed by atoms with van der Waals surface area (Å²) in [5.74, 6) is -0.666. The molecule has 0 radical (unpaired) electrons. The fourth-order valence-electron chi connectivity index (χ4n) is 3.18. The number of amides is 1. The van der Waals surface area contributed by atoms with Crippen LogP contribution in [0.5, 0.6) is 0 Å². The molecular formula is C13H22N2O3. The zero-order valence-electron chi connectivity index (χ0n) is 11.0. The summed E-state index contributed by atoms with van der Waals surface area (Å²) < 4.78 is 0. The third-order valence-corrected chi connectivity index (χ3v) is 4.40. The zero-order chi connectivity index (χ0) is 13.2. The number of nitrogens with zero attached hydrogens (tertiary/aromatic N) is 2. The average molecular weight is 254 g/mol. The Morgan fingerprint density at radius 3 is 2.00 bits per heavy atom. The first-order valence-corrected chi connectivity index (χ1v) is 6.80. The molecule has 0 aromatic heterocycles. The van der Waals surface area contributed by atoms with Crippen LogP contribution >= 0.6 is 0 Å². The number of carboxylic acids is 1. The predicted octanol–water partition coefficient (Wildman–Crippen LogP) is 0.938. The van der Waals surface area contributed by atoms with E-state index in [-0.39, 0.29) is 5.91 Å². The van der Waals surface area contributed by atoms with Crippen molar-refractivity contribution >= 4 is 11.9 Å². The van der Waals surface area contributed by atoms with Crippen molar-refractivity contribution < 1.29 is 14.7 Å². The Bertz CT molecular complexity index is 329. The van der Waals surface area contributed by atoms with E-state index in [0.29, 0.717) is 25.9 Å². The molecule has 18 heavy (non-hydrogen) atoms. The smallest absolute Gasteiger partial charge is 0.324 e. The zero-order valence-corrected chi connectivity index (χ0v) is 11.0. The van der Waals surface area contributed by atoms with Crippen molar-refractivity contribution in [2.75, 3.05) is 26.2 Å². The summed E-state index contributed by atoms with van der Waals surface area (Å²) in [6, 6.07) is 0. The molecule has 0 aromatic carbocycles. The monoisotopic (exact) mass is 254 g/mol. The second kappa shape index (κ2) is 5.26. The van der Waals surface area contributed by atoms with Crippen molar-refractivity contribution in [3.05, 3.63) is 0 Å². The summed E-state index contributed by atoms with van der Waals surface area (Å²) in [5, 5.41) is 9.62. The standard InChI is InChI=1S/C13H22N2O3/c1-11(16)14-9-5-13(6-10-14,12(17)18)15-7-3-2-4-8-15/h2-10H2,1H3,(H,17,18). The van der Waals surface area contributed by atoms with Gasteiger partial charge < -0.3 is 10.0 Å². The number of carbonyl (C=O) groups is 2. The Balaban J connectivity index is 2.09. The van der Waals surface area contributed by atoms with Gasteiger partial charge in [-0.05, 0) is 38.8 Å². The number of carbonyl (C=O) groups excluding carboxylic acids is 1. The minimum Gasteiger partial charge on any atom is -0.480 e. The highest BCUT2D eigenvalue weighted by Crippen LogP contribution is 2.32. The minimum absolute atomic E-state index is 0.0487. The van der Waals surface area contributed by atoms with Crippen LogP contribution in [0.3, 0.4) is 0 Å². The van der Waals surface area contributed by atoms with E-state index in [1.54, 1.807) is 11.8 Å². The van der Waals surface area contributed by atoms with Gasteiger partial charge in [0, 0.05) is 20.0 Å². The molecule has 0 bridgehead atoms. The molecule has 5 heteroatoms. The first kappa shape index (κ1) is 13.3. The second-order valence-electron chi connectivity index (χ2n) is 5.39. The van der Waals surface area contributed by atoms with Gasteiger partial charge in [-0.1, -0.05) is 6.42 Å². The molecule has 5 nitrogen and oxygen atoms in total. The lowest BCUT2D eigenvalue weighted by molar-refractivity contribution is -0.158. The first-order valence-electron chi connectivity index (χ1n) is 6.80. The second-order valence-corrected chi connectivity index (χ2v) is 5.39. The highest BCUT2D eigenvalue weighted by Gasteiger charge is 2.46. The van der Waals surface area contributed by atoms with Crippen LogP contribution < -0.4 is 0 Å². The molecule has 1 amide bonds. The number of aliphatic carboxylic acids is 1. The molecule has 102 valence electrons. The molecule has 0 saturated carbocycles. The van der Waals surface area contributed by atoms with Crippen LogP contribution in [-0.2, 0) is 9.59 Å². The van der Waals surface area contributed by atoms with E-state index in [0.717, 1.165) is 25.9 Å². The summed E-state index contributed by atoms with van der Waals surface area (Å²) in [4.78, 5) is 26.9. The van der Waals surface area contributed by atoms with E-state index >= 15 is 0 Å². The van der Waals surface area contributed by atoms with Crippen molar-refractivity contribution in [3.8, 4) is 0 Å². The Kier molecular flexibility index (Phi) is 3.90. The van der Waals surface area contributed by atoms with Crippen LogP contribution in [0.15, 0.2) is 0 Å². The maximum atomic E-state index is 11.7. The van der Waals surface area contributed by atoms with Crippen molar-refractivity contribution in [1.29, 1.82) is 0 Å². The largest absolute Gasteiger partial charge is 0.480 e. The number of piperidine rings is 2. The number of hydrogen-bond donors (Lipinski definition) is 1. The van der Waals surface area contributed by atoms with E-state index < -0.39 is 11.5 Å². The normalized spacial score (nSPS) is 24.8. The average Bonchev–Trinajstić information content (AvgIpc) is 2.39. The quantitative estimate of drug-likeness (QED) is 0.796. The van der Waals surface area contributed by atoms with Gasteiger partial charge in [0.15, 0.2) is 0 Å². The third kappa shape index (κ3) is 2.36. The number of hydrogen-bond acceptors (Lipinski definition) is 3. The number of rotatable bonds is 2. The van der Waals surface area contributed by atoms with Crippen LogP contribution in [0.2, 0.25) is 0 Å². The molecule has 2 saturated heterocycles. The Hall–Kier alpha value is -1.10. The van der Waals surface area contributed by atoms with Crippen LogP contribution in [0, 0.1) is 0 Å². The van der Waals surface area contributed by atoms with Gasteiger partial charge >= 0.3 is 5.97 Å². The first-order chi connectivity index (χ1) is 8.56. The number of likely N-dealkylation sites (tertiary alicyclic amines) is 2. The predicted molar refractivity (Wildman–Crippen MR) is 67.3 cm³/mol. The van der Waals surface area contributed by atoms with Gasteiger partial charge in [0.1, 0.15) is 5.54 Å². The molecule has 0 spiro atoms. The van der Waals surface area contributed by atoms with E-state index in [2.05, 4.69) is 4.90 Å². The Morgan fingerprint density at radius 2 is 1.56 bits per heavy atom. The maximum Gasteiger partial charge on any atom is 0.324 e. The lowest BCUT2D eigenvalue weighted by atomic mass is 9.84. The summed E-state index contributed by atoms with van der Waals surface area (Å²) in [5.41, 5.74) is -0.730. The van der Waals surface area contributed by atoms with Gasteiger partial charge in [-0.25, -0.2) is 0 Å². The molecule has 2 heterocycles. The Labute approximate surface area is 108 Å². The van der Waals surface area contributed by atoms with E-state index in [9.17, 15) is 14.7 Å². The maximum absolute atomic E-state index is 11.7. The molecule has 2 rings (SSSR count). The van der Waals surface area contributed by atoms with E-state index in [4.69, 9.17) is 0 Å². The van der Waals surface area contributed by atoms with Gasteiger partial charge in [-0.2, -0.15) is 0 Å². The van der Waals surface area contributed by atoms with Crippen LogP contribution in [-0.4, -0.2) is 58.5 Å². The van der Waals surface area contributed by atoms with Crippen molar-refractivity contribution in [2.45, 2.75) is 44.6 Å². The summed E-state index contributed by atoms with van der Waals surface area (Å²) in [6.07, 6.45) is 4.49. The fourth-order valence-corrected chi connectivity index (χ4v) is 3.18. The van der Waals surface area contributed by atoms with Gasteiger partial charge in [0.05, 0.1) is 0 Å². The van der Waals surface area contributed by atoms with Crippen molar-refractivity contribution in [3.63, 3.8) is 0 Å². The molecule has 0 atom stereocenters. The highest BCUT2D eigenvalue weighted by molar-refractivity contribution is 5.80. The Morgan fingerprint density at radius 1 is 1.00 bits per heavy atom. The minimum atomic E-state index is -0.730. The van der Waals surface area contributed by atoms with Gasteiger partial charge in [-0.3, -0.25) is 14.5 Å². The molecule has 1 N–H and O–H groups in total. The van der Waals surface area contributed by atoms with Crippen LogP contribution in [0.25, 0.3) is 0 Å². The molecule has 0 unspecified atom stereocenters. The summed E-state index contributed by atoms with van der Waals surface area (Å²) >= 11 is 0. The van der Waals surface area contributed by atoms with Crippen LogP contribution in [0.1, 0.15) is 39.0 Å². The molecule has 2 aliphatic rings. The molecule has 2 aliphatic heterocycles. The number of carboxylic acid groups (broad SMARTS) is 1. The van der Waals surface area contributed by atoms with E-state index in [1.165, 1.54) is 6.42 Å². The lowest BCUT2D eigenvalue weighted by Gasteiger charge is -2.47. The molecule has 2 fully saturated rings. The molecule has 0 aromatic rings. The van der Waals surface area contributed by atoms with E-state index in [1.807, 2.05) is 0 Å². The summed E-state index contributed by atoms with van der Waals surface area (Å²) in [7, 11) is 0. The molecule has 0 aliphatic carbocycles. The van der Waals surface area contributed by atoms with Crippen molar-refractivity contribution in [2.24, 2.45) is 0 Å². The van der Waals surface area contributed by atoms with Gasteiger partial charge in [0.2, 0.25) is 5.91 Å². The highest BCUT2D eigenvalue weighted by atomic mass is 16.4. The molecular weight excluding hydrogens is 232 g/mol. The van der Waals surface area contributed by atoms with Gasteiger partial charge in [-0.15, -0.1) is 0 Å². The van der Waals surface area contributed by atoms with Crippen LogP contribution in [0.4, 0.5) is 0 Å². The van der Waals surface area contributed by atoms with Crippen molar-refractivity contribution in [1.82, 2.24) is 9.80 Å². The SMILES string of the molecule is CC(=O)N1CCC(C(=O)O)(N2CCCCC2)CC1.